The number of nitrogens with zero attached hydrogens (tertiary/aromatic N) is 2. The number of carbonyl (C=O) groups excluding carboxylic acids is 1. The van der Waals surface area contributed by atoms with Gasteiger partial charge in [-0.1, -0.05) is 43.2 Å². The molecule has 1 aliphatic carbocycles. The third-order valence-electron chi connectivity index (χ3n) is 4.97. The Kier molecular flexibility index (Phi) is 6.00. The van der Waals surface area contributed by atoms with Crippen LogP contribution < -0.4 is 15.4 Å². The monoisotopic (exact) mass is 388 g/mol. The SMILES string of the molecule is O=C(Nc1ccc(OCc2ccccc2)cc1)c1cc(NC2CCCC2)ncn1. The molecule has 148 valence electrons. The third kappa shape index (κ3) is 5.31. The molecular weight excluding hydrogens is 364 g/mol. The zero-order valence-corrected chi connectivity index (χ0v) is 16.2. The summed E-state index contributed by atoms with van der Waals surface area (Å²) in [6, 6.07) is 19.4. The van der Waals surface area contributed by atoms with E-state index < -0.39 is 0 Å². The van der Waals surface area contributed by atoms with Gasteiger partial charge in [0.05, 0.1) is 0 Å². The van der Waals surface area contributed by atoms with Crippen LogP contribution in [0.25, 0.3) is 0 Å². The van der Waals surface area contributed by atoms with E-state index in [0.717, 1.165) is 24.2 Å². The van der Waals surface area contributed by atoms with E-state index in [9.17, 15) is 4.79 Å². The molecule has 6 heteroatoms. The molecule has 0 atom stereocenters. The highest BCUT2D eigenvalue weighted by molar-refractivity contribution is 6.03. The van der Waals surface area contributed by atoms with Crippen molar-refractivity contribution >= 4 is 17.4 Å². The van der Waals surface area contributed by atoms with Crippen molar-refractivity contribution in [1.29, 1.82) is 0 Å². The molecule has 2 aromatic carbocycles. The highest BCUT2D eigenvalue weighted by atomic mass is 16.5. The fraction of sp³-hybridized carbons (Fsp3) is 0.261. The van der Waals surface area contributed by atoms with Crippen molar-refractivity contribution in [2.75, 3.05) is 10.6 Å². The zero-order chi connectivity index (χ0) is 19.9. The standard InChI is InChI=1S/C23H24N4O2/c28-23(21-14-22(25-16-24-21)26-18-8-4-5-9-18)27-19-10-12-20(13-11-19)29-15-17-6-2-1-3-7-17/h1-3,6-7,10-14,16,18H,4-5,8-9,15H2,(H,27,28)(H,24,25,26). The Morgan fingerprint density at radius 1 is 1.00 bits per heavy atom. The zero-order valence-electron chi connectivity index (χ0n) is 16.2. The molecule has 0 unspecified atom stereocenters. The van der Waals surface area contributed by atoms with E-state index in [-0.39, 0.29) is 5.91 Å². The number of hydrogen-bond donors (Lipinski definition) is 2. The fourth-order valence-corrected chi connectivity index (χ4v) is 3.41. The van der Waals surface area contributed by atoms with Crippen LogP contribution in [0.5, 0.6) is 5.75 Å². The van der Waals surface area contributed by atoms with Crippen LogP contribution in [0.1, 0.15) is 41.7 Å². The number of amides is 1. The van der Waals surface area contributed by atoms with Crippen LogP contribution in [0.15, 0.2) is 67.0 Å². The lowest BCUT2D eigenvalue weighted by Gasteiger charge is -2.13. The fourth-order valence-electron chi connectivity index (χ4n) is 3.41. The summed E-state index contributed by atoms with van der Waals surface area (Å²) in [4.78, 5) is 20.9. The minimum absolute atomic E-state index is 0.264. The van der Waals surface area contributed by atoms with E-state index in [0.29, 0.717) is 29.8 Å². The quantitative estimate of drug-likeness (QED) is 0.615. The van der Waals surface area contributed by atoms with Crippen molar-refractivity contribution in [3.8, 4) is 5.75 Å². The van der Waals surface area contributed by atoms with Crippen LogP contribution in [-0.4, -0.2) is 21.9 Å². The van der Waals surface area contributed by atoms with E-state index in [1.54, 1.807) is 6.07 Å². The summed E-state index contributed by atoms with van der Waals surface area (Å²) in [5.74, 6) is 1.18. The second-order valence-corrected chi connectivity index (χ2v) is 7.17. The second-order valence-electron chi connectivity index (χ2n) is 7.17. The van der Waals surface area contributed by atoms with Gasteiger partial charge in [-0.25, -0.2) is 9.97 Å². The summed E-state index contributed by atoms with van der Waals surface area (Å²) in [5.41, 5.74) is 2.13. The number of benzene rings is 2. The first-order valence-electron chi connectivity index (χ1n) is 9.93. The number of aromatic nitrogens is 2. The lowest BCUT2D eigenvalue weighted by Crippen LogP contribution is -2.18. The van der Waals surface area contributed by atoms with Gasteiger partial charge in [0.2, 0.25) is 0 Å². The first-order chi connectivity index (χ1) is 14.3. The molecule has 1 amide bonds. The van der Waals surface area contributed by atoms with Crippen LogP contribution >= 0.6 is 0 Å². The number of hydrogen-bond acceptors (Lipinski definition) is 5. The van der Waals surface area contributed by atoms with Gasteiger partial charge in [0.1, 0.15) is 30.2 Å². The molecule has 29 heavy (non-hydrogen) atoms. The average molecular weight is 388 g/mol. The average Bonchev–Trinajstić information content (AvgIpc) is 3.27. The molecule has 1 aromatic heterocycles. The molecule has 0 saturated heterocycles. The largest absolute Gasteiger partial charge is 0.489 e. The van der Waals surface area contributed by atoms with Crippen molar-refractivity contribution in [3.05, 3.63) is 78.2 Å². The Labute approximate surface area is 170 Å². The van der Waals surface area contributed by atoms with E-state index in [2.05, 4.69) is 20.6 Å². The van der Waals surface area contributed by atoms with Crippen LogP contribution in [0.4, 0.5) is 11.5 Å². The first kappa shape index (κ1) is 18.9. The van der Waals surface area contributed by atoms with E-state index in [1.807, 2.05) is 54.6 Å². The lowest BCUT2D eigenvalue weighted by molar-refractivity contribution is 0.102. The van der Waals surface area contributed by atoms with Gasteiger partial charge >= 0.3 is 0 Å². The Hall–Kier alpha value is -3.41. The molecule has 1 heterocycles. The smallest absolute Gasteiger partial charge is 0.274 e. The topological polar surface area (TPSA) is 76.1 Å². The molecule has 1 aliphatic rings. The Balaban J connectivity index is 1.33. The number of anilines is 2. The maximum absolute atomic E-state index is 12.5. The summed E-state index contributed by atoms with van der Waals surface area (Å²) >= 11 is 0. The van der Waals surface area contributed by atoms with Crippen molar-refractivity contribution in [2.24, 2.45) is 0 Å². The molecule has 4 rings (SSSR count). The Morgan fingerprint density at radius 3 is 2.52 bits per heavy atom. The lowest BCUT2D eigenvalue weighted by atomic mass is 10.2. The van der Waals surface area contributed by atoms with Crippen LogP contribution in [0.2, 0.25) is 0 Å². The highest BCUT2D eigenvalue weighted by Crippen LogP contribution is 2.22. The van der Waals surface area contributed by atoms with Gasteiger partial charge in [0.15, 0.2) is 0 Å². The van der Waals surface area contributed by atoms with E-state index in [1.165, 1.54) is 19.2 Å². The van der Waals surface area contributed by atoms with Crippen molar-refractivity contribution < 1.29 is 9.53 Å². The van der Waals surface area contributed by atoms with Gasteiger partial charge in [0, 0.05) is 17.8 Å². The number of carbonyl (C=O) groups is 1. The van der Waals surface area contributed by atoms with E-state index >= 15 is 0 Å². The summed E-state index contributed by atoms with van der Waals surface area (Å²) in [5, 5.41) is 6.25. The number of nitrogens with one attached hydrogen (secondary N) is 2. The first-order valence-corrected chi connectivity index (χ1v) is 9.93. The van der Waals surface area contributed by atoms with Crippen LogP contribution in [0.3, 0.4) is 0 Å². The molecule has 0 spiro atoms. The predicted octanol–water partition coefficient (Wildman–Crippen LogP) is 4.66. The van der Waals surface area contributed by atoms with Crippen LogP contribution in [-0.2, 0) is 6.61 Å². The molecule has 0 radical (unpaired) electrons. The molecule has 0 bridgehead atoms. The molecule has 1 fully saturated rings. The maximum atomic E-state index is 12.5. The molecule has 6 nitrogen and oxygen atoms in total. The summed E-state index contributed by atoms with van der Waals surface area (Å²) in [6.07, 6.45) is 6.18. The van der Waals surface area contributed by atoms with Crippen molar-refractivity contribution in [2.45, 2.75) is 38.3 Å². The number of ether oxygens (including phenoxy) is 1. The number of rotatable bonds is 7. The Bertz CT molecular complexity index is 939. The molecule has 1 saturated carbocycles. The Morgan fingerprint density at radius 2 is 1.76 bits per heavy atom. The maximum Gasteiger partial charge on any atom is 0.274 e. The second kappa shape index (κ2) is 9.19. The highest BCUT2D eigenvalue weighted by Gasteiger charge is 2.16. The molecule has 3 aromatic rings. The van der Waals surface area contributed by atoms with Gasteiger partial charge in [-0.2, -0.15) is 0 Å². The van der Waals surface area contributed by atoms with E-state index in [4.69, 9.17) is 4.74 Å². The predicted molar refractivity (Wildman–Crippen MR) is 113 cm³/mol. The normalized spacial score (nSPS) is 13.8. The van der Waals surface area contributed by atoms with Gasteiger partial charge < -0.3 is 15.4 Å². The molecule has 0 aliphatic heterocycles. The summed E-state index contributed by atoms with van der Waals surface area (Å²) in [7, 11) is 0. The van der Waals surface area contributed by atoms with Crippen molar-refractivity contribution in [3.63, 3.8) is 0 Å². The van der Waals surface area contributed by atoms with Crippen LogP contribution in [0, 0.1) is 0 Å². The molecular formula is C23H24N4O2. The minimum Gasteiger partial charge on any atom is -0.489 e. The third-order valence-corrected chi connectivity index (χ3v) is 4.97. The van der Waals surface area contributed by atoms with Gasteiger partial charge in [-0.3, -0.25) is 4.79 Å². The minimum atomic E-state index is -0.264. The summed E-state index contributed by atoms with van der Waals surface area (Å²) < 4.78 is 5.77. The van der Waals surface area contributed by atoms with Crippen molar-refractivity contribution in [1.82, 2.24) is 9.97 Å². The van der Waals surface area contributed by atoms with Gasteiger partial charge in [0.25, 0.3) is 5.91 Å². The summed E-state index contributed by atoms with van der Waals surface area (Å²) in [6.45, 7) is 0.504. The van der Waals surface area contributed by atoms with Gasteiger partial charge in [-0.05, 0) is 42.7 Å². The molecule has 2 N–H and O–H groups in total. The van der Waals surface area contributed by atoms with Gasteiger partial charge in [-0.15, -0.1) is 0 Å².